The summed E-state index contributed by atoms with van der Waals surface area (Å²) in [7, 11) is 0. The van der Waals surface area contributed by atoms with E-state index < -0.39 is 11.5 Å². The Morgan fingerprint density at radius 1 is 1.29 bits per heavy atom. The SMILES string of the molecule is Cc1cc(C(=O)Nc2cnn(C(C)(C)C(=O)O)c2)c2[nH]ncc2c1. The molecule has 0 aliphatic carbocycles. The summed E-state index contributed by atoms with van der Waals surface area (Å²) >= 11 is 0. The van der Waals surface area contributed by atoms with Crippen LogP contribution in [0.5, 0.6) is 0 Å². The number of anilines is 1. The number of carboxylic acid groups (broad SMARTS) is 1. The Hall–Kier alpha value is -3.16. The van der Waals surface area contributed by atoms with Crippen LogP contribution in [0, 0.1) is 6.92 Å². The number of carboxylic acids is 1. The fourth-order valence-electron chi connectivity index (χ4n) is 2.38. The number of amides is 1. The van der Waals surface area contributed by atoms with Crippen LogP contribution in [0.1, 0.15) is 29.8 Å². The van der Waals surface area contributed by atoms with Crippen LogP contribution in [0.25, 0.3) is 10.9 Å². The number of hydrogen-bond donors (Lipinski definition) is 3. The molecule has 0 unspecified atom stereocenters. The van der Waals surface area contributed by atoms with Crippen LogP contribution < -0.4 is 5.32 Å². The fraction of sp³-hybridized carbons (Fsp3) is 0.250. The van der Waals surface area contributed by atoms with Crippen molar-refractivity contribution in [2.45, 2.75) is 26.3 Å². The lowest BCUT2D eigenvalue weighted by Crippen LogP contribution is -2.35. The highest BCUT2D eigenvalue weighted by Crippen LogP contribution is 2.21. The highest BCUT2D eigenvalue weighted by Gasteiger charge is 2.30. The number of aryl methyl sites for hydroxylation is 1. The van der Waals surface area contributed by atoms with Crippen LogP contribution in [-0.4, -0.2) is 37.0 Å². The van der Waals surface area contributed by atoms with E-state index in [-0.39, 0.29) is 5.91 Å². The highest BCUT2D eigenvalue weighted by atomic mass is 16.4. The van der Waals surface area contributed by atoms with E-state index >= 15 is 0 Å². The molecule has 0 saturated heterocycles. The first-order chi connectivity index (χ1) is 11.3. The number of aromatic nitrogens is 4. The number of rotatable bonds is 4. The molecule has 2 heterocycles. The van der Waals surface area contributed by atoms with Gasteiger partial charge < -0.3 is 10.4 Å². The quantitative estimate of drug-likeness (QED) is 0.679. The summed E-state index contributed by atoms with van der Waals surface area (Å²) in [4.78, 5) is 23.8. The third kappa shape index (κ3) is 2.62. The Morgan fingerprint density at radius 3 is 2.75 bits per heavy atom. The lowest BCUT2D eigenvalue weighted by molar-refractivity contribution is -0.146. The van der Waals surface area contributed by atoms with Crippen molar-refractivity contribution in [2.75, 3.05) is 5.32 Å². The molecule has 3 rings (SSSR count). The van der Waals surface area contributed by atoms with Crippen molar-refractivity contribution in [3.05, 3.63) is 41.9 Å². The van der Waals surface area contributed by atoms with E-state index in [1.807, 2.05) is 13.0 Å². The molecule has 8 nitrogen and oxygen atoms in total. The molecular formula is C16H17N5O3. The predicted molar refractivity (Wildman–Crippen MR) is 88.0 cm³/mol. The molecule has 0 radical (unpaired) electrons. The number of hydrogen-bond acceptors (Lipinski definition) is 4. The first kappa shape index (κ1) is 15.7. The summed E-state index contributed by atoms with van der Waals surface area (Å²) in [5.74, 6) is -1.33. The Balaban J connectivity index is 1.89. The number of aliphatic carboxylic acids is 1. The van der Waals surface area contributed by atoms with Gasteiger partial charge in [-0.05, 0) is 38.5 Å². The molecule has 0 saturated carbocycles. The second-order valence-corrected chi connectivity index (χ2v) is 6.14. The zero-order valence-corrected chi connectivity index (χ0v) is 13.5. The minimum atomic E-state index is -1.21. The fourth-order valence-corrected chi connectivity index (χ4v) is 2.38. The van der Waals surface area contributed by atoms with Crippen LogP contribution >= 0.6 is 0 Å². The third-order valence-corrected chi connectivity index (χ3v) is 3.87. The second kappa shape index (κ2) is 5.48. The Morgan fingerprint density at radius 2 is 2.04 bits per heavy atom. The number of nitrogens with zero attached hydrogens (tertiary/aromatic N) is 3. The predicted octanol–water partition coefficient (Wildman–Crippen LogP) is 2.14. The molecule has 3 aromatic rings. The largest absolute Gasteiger partial charge is 0.479 e. The summed E-state index contributed by atoms with van der Waals surface area (Å²) in [5, 5.41) is 23.6. The van der Waals surface area contributed by atoms with Gasteiger partial charge >= 0.3 is 5.97 Å². The summed E-state index contributed by atoms with van der Waals surface area (Å²) < 4.78 is 1.30. The number of aromatic amines is 1. The summed E-state index contributed by atoms with van der Waals surface area (Å²) in [6.07, 6.45) is 4.57. The number of carbonyl (C=O) groups is 2. The van der Waals surface area contributed by atoms with Gasteiger partial charge in [0, 0.05) is 11.6 Å². The van der Waals surface area contributed by atoms with Crippen LogP contribution in [0.3, 0.4) is 0 Å². The van der Waals surface area contributed by atoms with E-state index in [1.165, 1.54) is 30.9 Å². The molecule has 1 aromatic carbocycles. The zero-order chi connectivity index (χ0) is 17.5. The van der Waals surface area contributed by atoms with Crippen LogP contribution in [0.4, 0.5) is 5.69 Å². The standard InChI is InChI=1S/C16H17N5O3/c1-9-4-10-6-17-20-13(10)12(5-9)14(22)19-11-7-18-21(8-11)16(2,3)15(23)24/h4-8H,1-3H3,(H,17,20)(H,19,22)(H,23,24). The lowest BCUT2D eigenvalue weighted by Gasteiger charge is -2.19. The van der Waals surface area contributed by atoms with Crippen molar-refractivity contribution < 1.29 is 14.7 Å². The molecule has 124 valence electrons. The van der Waals surface area contributed by atoms with Gasteiger partial charge in [0.25, 0.3) is 5.91 Å². The molecule has 0 bridgehead atoms. The van der Waals surface area contributed by atoms with Crippen LogP contribution in [-0.2, 0) is 10.3 Å². The average molecular weight is 327 g/mol. The van der Waals surface area contributed by atoms with Gasteiger partial charge in [-0.3, -0.25) is 14.6 Å². The van der Waals surface area contributed by atoms with Crippen molar-refractivity contribution in [2.24, 2.45) is 0 Å². The van der Waals surface area contributed by atoms with Crippen molar-refractivity contribution in [3.63, 3.8) is 0 Å². The molecule has 2 aromatic heterocycles. The maximum absolute atomic E-state index is 12.6. The maximum atomic E-state index is 12.6. The van der Waals surface area contributed by atoms with Gasteiger partial charge in [0.1, 0.15) is 0 Å². The van der Waals surface area contributed by atoms with Gasteiger partial charge in [-0.25, -0.2) is 4.79 Å². The Kier molecular flexibility index (Phi) is 3.59. The smallest absolute Gasteiger partial charge is 0.331 e. The van der Waals surface area contributed by atoms with E-state index in [9.17, 15) is 14.7 Å². The minimum absolute atomic E-state index is 0.319. The van der Waals surface area contributed by atoms with Gasteiger partial charge in [-0.15, -0.1) is 0 Å². The van der Waals surface area contributed by atoms with Gasteiger partial charge in [-0.2, -0.15) is 10.2 Å². The molecular weight excluding hydrogens is 310 g/mol. The van der Waals surface area contributed by atoms with Crippen LogP contribution in [0.2, 0.25) is 0 Å². The number of benzene rings is 1. The molecule has 1 amide bonds. The number of fused-ring (bicyclic) bond motifs is 1. The monoisotopic (exact) mass is 327 g/mol. The Labute approximate surface area is 137 Å². The number of H-pyrrole nitrogens is 1. The lowest BCUT2D eigenvalue weighted by atomic mass is 10.1. The van der Waals surface area contributed by atoms with Crippen molar-refractivity contribution in [1.82, 2.24) is 20.0 Å². The topological polar surface area (TPSA) is 113 Å². The first-order valence-corrected chi connectivity index (χ1v) is 7.32. The molecule has 8 heteroatoms. The number of nitrogens with one attached hydrogen (secondary N) is 2. The molecule has 0 spiro atoms. The van der Waals surface area contributed by atoms with Gasteiger partial charge in [0.05, 0.1) is 29.2 Å². The normalized spacial score (nSPS) is 11.6. The minimum Gasteiger partial charge on any atom is -0.479 e. The van der Waals surface area contributed by atoms with E-state index in [0.29, 0.717) is 16.8 Å². The molecule has 0 fully saturated rings. The average Bonchev–Trinajstić information content (AvgIpc) is 3.15. The molecule has 24 heavy (non-hydrogen) atoms. The van der Waals surface area contributed by atoms with Crippen molar-refractivity contribution in [1.29, 1.82) is 0 Å². The molecule has 0 aliphatic heterocycles. The molecule has 0 atom stereocenters. The third-order valence-electron chi connectivity index (χ3n) is 3.87. The summed E-state index contributed by atoms with van der Waals surface area (Å²) in [5.41, 5.74) is 1.27. The molecule has 3 N–H and O–H groups in total. The van der Waals surface area contributed by atoms with E-state index in [1.54, 1.807) is 12.3 Å². The second-order valence-electron chi connectivity index (χ2n) is 6.14. The summed E-state index contributed by atoms with van der Waals surface area (Å²) in [6.45, 7) is 4.96. The van der Waals surface area contributed by atoms with E-state index in [4.69, 9.17) is 0 Å². The van der Waals surface area contributed by atoms with Crippen molar-refractivity contribution in [3.8, 4) is 0 Å². The van der Waals surface area contributed by atoms with Gasteiger partial charge in [0.15, 0.2) is 5.54 Å². The van der Waals surface area contributed by atoms with E-state index in [2.05, 4.69) is 20.6 Å². The van der Waals surface area contributed by atoms with Gasteiger partial charge in [0.2, 0.25) is 0 Å². The first-order valence-electron chi connectivity index (χ1n) is 7.32. The Bertz CT molecular complexity index is 938. The molecule has 0 aliphatic rings. The van der Waals surface area contributed by atoms with Crippen molar-refractivity contribution >= 4 is 28.5 Å². The van der Waals surface area contributed by atoms with Crippen LogP contribution in [0.15, 0.2) is 30.7 Å². The van der Waals surface area contributed by atoms with Gasteiger partial charge in [-0.1, -0.05) is 0 Å². The number of carbonyl (C=O) groups excluding carboxylic acids is 1. The maximum Gasteiger partial charge on any atom is 0.331 e. The summed E-state index contributed by atoms with van der Waals surface area (Å²) in [6, 6.07) is 3.70. The zero-order valence-electron chi connectivity index (χ0n) is 13.5. The highest BCUT2D eigenvalue weighted by molar-refractivity contribution is 6.12. The van der Waals surface area contributed by atoms with E-state index in [0.717, 1.165) is 10.9 Å².